The molecule has 0 aliphatic carbocycles. The van der Waals surface area contributed by atoms with Gasteiger partial charge in [-0.15, -0.1) is 11.3 Å². The van der Waals surface area contributed by atoms with Gasteiger partial charge in [0, 0.05) is 34.3 Å². The second kappa shape index (κ2) is 6.19. The van der Waals surface area contributed by atoms with Crippen molar-refractivity contribution in [1.29, 1.82) is 5.41 Å². The Bertz CT molecular complexity index is 1080. The Morgan fingerprint density at radius 3 is 2.96 bits per heavy atom. The minimum Gasteiger partial charge on any atom is -0.454 e. The van der Waals surface area contributed by atoms with Crippen molar-refractivity contribution in [2.75, 3.05) is 6.61 Å². The molecule has 0 aliphatic heterocycles. The van der Waals surface area contributed by atoms with Gasteiger partial charge in [-0.1, -0.05) is 6.07 Å². The van der Waals surface area contributed by atoms with Crippen molar-refractivity contribution < 1.29 is 9.52 Å². The van der Waals surface area contributed by atoms with E-state index < -0.39 is 0 Å². The molecule has 120 valence electrons. The number of nitrogens with one attached hydrogen (secondary N) is 1. The zero-order chi connectivity index (χ0) is 16.5. The lowest BCUT2D eigenvalue weighted by atomic mass is 10.1. The molecule has 4 rings (SSSR count). The number of rotatable bonds is 4. The maximum Gasteiger partial charge on any atom is 0.155 e. The van der Waals surface area contributed by atoms with E-state index in [4.69, 9.17) is 14.9 Å². The zero-order valence-electron chi connectivity index (χ0n) is 13.0. The molecule has 3 heterocycles. The molecule has 0 unspecified atom stereocenters. The molecule has 3 aromatic heterocycles. The lowest BCUT2D eigenvalue weighted by molar-refractivity contribution is 0.288. The minimum absolute atomic E-state index is 0.173. The summed E-state index contributed by atoms with van der Waals surface area (Å²) in [6, 6.07) is 11.6. The zero-order valence-corrected chi connectivity index (χ0v) is 13.8. The summed E-state index contributed by atoms with van der Waals surface area (Å²) in [4.78, 5) is 4.46. The number of hydrogen-bond donors (Lipinski definition) is 2. The van der Waals surface area contributed by atoms with Crippen molar-refractivity contribution in [2.45, 2.75) is 12.8 Å². The van der Waals surface area contributed by atoms with Crippen molar-refractivity contribution in [3.05, 3.63) is 58.9 Å². The van der Waals surface area contributed by atoms with Crippen molar-refractivity contribution in [1.82, 2.24) is 4.98 Å². The molecule has 0 fully saturated rings. The van der Waals surface area contributed by atoms with Gasteiger partial charge in [-0.05, 0) is 48.1 Å². The number of fused-ring (bicyclic) bond motifs is 2. The lowest BCUT2D eigenvalue weighted by Gasteiger charge is -2.06. The number of aromatic nitrogens is 1. The lowest BCUT2D eigenvalue weighted by Crippen LogP contribution is -2.02. The number of aryl methyl sites for hydroxylation is 1. The summed E-state index contributed by atoms with van der Waals surface area (Å²) in [5.41, 5.74) is 2.52. The van der Waals surface area contributed by atoms with Crippen LogP contribution in [0, 0.1) is 5.41 Å². The Morgan fingerprint density at radius 2 is 2.08 bits per heavy atom. The van der Waals surface area contributed by atoms with Crippen molar-refractivity contribution in [2.24, 2.45) is 0 Å². The highest BCUT2D eigenvalue weighted by molar-refractivity contribution is 7.17. The Labute approximate surface area is 142 Å². The molecule has 24 heavy (non-hydrogen) atoms. The fourth-order valence-electron chi connectivity index (χ4n) is 2.79. The molecule has 0 saturated heterocycles. The third kappa shape index (κ3) is 2.72. The Morgan fingerprint density at radius 1 is 1.17 bits per heavy atom. The first-order chi connectivity index (χ1) is 11.7. The largest absolute Gasteiger partial charge is 0.454 e. The molecular formula is C19H16N2O2S. The van der Waals surface area contributed by atoms with E-state index in [9.17, 15) is 0 Å². The van der Waals surface area contributed by atoms with Crippen LogP contribution < -0.4 is 5.36 Å². The van der Waals surface area contributed by atoms with Gasteiger partial charge in [-0.3, -0.25) is 10.4 Å². The first-order valence-corrected chi connectivity index (χ1v) is 8.68. The van der Waals surface area contributed by atoms with Crippen LogP contribution in [-0.2, 0) is 6.42 Å². The van der Waals surface area contributed by atoms with Gasteiger partial charge in [0.1, 0.15) is 11.3 Å². The van der Waals surface area contributed by atoms with Gasteiger partial charge in [0.05, 0.1) is 5.36 Å². The first-order valence-electron chi connectivity index (χ1n) is 7.80. The van der Waals surface area contributed by atoms with Crippen LogP contribution in [0.4, 0.5) is 0 Å². The normalized spacial score (nSPS) is 11.4. The quantitative estimate of drug-likeness (QED) is 0.589. The number of benzene rings is 1. The highest BCUT2D eigenvalue weighted by Gasteiger charge is 2.08. The second-order valence-electron chi connectivity index (χ2n) is 5.71. The van der Waals surface area contributed by atoms with E-state index in [1.807, 2.05) is 41.9 Å². The standard InChI is InChI=1S/C19H16N2O2S/c20-15-9-18(16-10-19-13(11-21-16)5-7-24-19)23-17-4-3-12(2-1-6-22)8-14(15)17/h3-5,7-11,20,22H,1-2,6H2. The maximum atomic E-state index is 8.96. The van der Waals surface area contributed by atoms with Gasteiger partial charge >= 0.3 is 0 Å². The second-order valence-corrected chi connectivity index (χ2v) is 6.66. The highest BCUT2D eigenvalue weighted by Crippen LogP contribution is 2.27. The minimum atomic E-state index is 0.173. The van der Waals surface area contributed by atoms with Gasteiger partial charge in [-0.25, -0.2) is 0 Å². The van der Waals surface area contributed by atoms with E-state index in [-0.39, 0.29) is 6.61 Å². The summed E-state index contributed by atoms with van der Waals surface area (Å²) in [5.74, 6) is 0.603. The third-order valence-electron chi connectivity index (χ3n) is 4.04. The number of aliphatic hydroxyl groups is 1. The van der Waals surface area contributed by atoms with E-state index in [1.54, 1.807) is 17.4 Å². The van der Waals surface area contributed by atoms with Crippen LogP contribution in [0.25, 0.3) is 32.5 Å². The van der Waals surface area contributed by atoms with Crippen LogP contribution in [-0.4, -0.2) is 16.7 Å². The summed E-state index contributed by atoms with van der Waals surface area (Å²) < 4.78 is 7.14. The fourth-order valence-corrected chi connectivity index (χ4v) is 3.59. The Hall–Kier alpha value is -2.50. The molecule has 5 heteroatoms. The monoisotopic (exact) mass is 336 g/mol. The van der Waals surface area contributed by atoms with Crippen LogP contribution >= 0.6 is 11.3 Å². The van der Waals surface area contributed by atoms with Crippen LogP contribution in [0.15, 0.2) is 52.4 Å². The fraction of sp³-hybridized carbons (Fsp3) is 0.158. The van der Waals surface area contributed by atoms with Crippen LogP contribution in [0.3, 0.4) is 0 Å². The summed E-state index contributed by atoms with van der Waals surface area (Å²) in [7, 11) is 0. The van der Waals surface area contributed by atoms with E-state index in [0.29, 0.717) is 16.7 Å². The maximum absolute atomic E-state index is 8.96. The van der Waals surface area contributed by atoms with E-state index in [1.165, 1.54) is 0 Å². The number of nitrogens with zero attached hydrogens (tertiary/aromatic N) is 1. The Balaban J connectivity index is 1.80. The van der Waals surface area contributed by atoms with Crippen molar-refractivity contribution in [3.63, 3.8) is 0 Å². The van der Waals surface area contributed by atoms with E-state index in [2.05, 4.69) is 4.98 Å². The smallest absolute Gasteiger partial charge is 0.155 e. The molecule has 1 aromatic carbocycles. The molecule has 4 aromatic rings. The summed E-state index contributed by atoms with van der Waals surface area (Å²) >= 11 is 1.66. The van der Waals surface area contributed by atoms with Gasteiger partial charge < -0.3 is 9.52 Å². The van der Waals surface area contributed by atoms with Crippen molar-refractivity contribution >= 4 is 32.4 Å². The third-order valence-corrected chi connectivity index (χ3v) is 4.92. The average molecular weight is 336 g/mol. The number of thiophene rings is 1. The topological polar surface area (TPSA) is 70.1 Å². The van der Waals surface area contributed by atoms with Gasteiger partial charge in [0.25, 0.3) is 0 Å². The van der Waals surface area contributed by atoms with Crippen LogP contribution in [0.1, 0.15) is 12.0 Å². The van der Waals surface area contributed by atoms with Crippen LogP contribution in [0.2, 0.25) is 0 Å². The highest BCUT2D eigenvalue weighted by atomic mass is 32.1. The summed E-state index contributed by atoms with van der Waals surface area (Å²) in [6.07, 6.45) is 3.35. The van der Waals surface area contributed by atoms with Gasteiger partial charge in [0.15, 0.2) is 5.76 Å². The molecule has 0 aliphatic rings. The molecule has 4 nitrogen and oxygen atoms in total. The molecule has 0 saturated carbocycles. The molecule has 0 amide bonds. The summed E-state index contributed by atoms with van der Waals surface area (Å²) in [6.45, 7) is 0.173. The number of aliphatic hydroxyl groups excluding tert-OH is 1. The summed E-state index contributed by atoms with van der Waals surface area (Å²) in [5, 5.41) is 21.6. The SMILES string of the molecule is N=c1cc(-c2cc3sccc3cn2)oc2ccc(CCCO)cc12. The number of hydrogen-bond acceptors (Lipinski definition) is 5. The van der Waals surface area contributed by atoms with Gasteiger partial charge in [0.2, 0.25) is 0 Å². The van der Waals surface area contributed by atoms with Crippen molar-refractivity contribution in [3.8, 4) is 11.5 Å². The average Bonchev–Trinajstić information content (AvgIpc) is 3.07. The van der Waals surface area contributed by atoms with E-state index >= 15 is 0 Å². The van der Waals surface area contributed by atoms with E-state index in [0.717, 1.165) is 39.6 Å². The van der Waals surface area contributed by atoms with Gasteiger partial charge in [-0.2, -0.15) is 0 Å². The predicted molar refractivity (Wildman–Crippen MR) is 96.1 cm³/mol. The predicted octanol–water partition coefficient (Wildman–Crippen LogP) is 4.11. The molecular weight excluding hydrogens is 320 g/mol. The molecule has 2 N–H and O–H groups in total. The molecule has 0 atom stereocenters. The molecule has 0 radical (unpaired) electrons. The molecule has 0 spiro atoms. The first kappa shape index (κ1) is 15.1. The Kier molecular flexibility index (Phi) is 3.88. The van der Waals surface area contributed by atoms with Crippen LogP contribution in [0.5, 0.6) is 0 Å². The molecule has 0 bridgehead atoms. The number of pyridine rings is 1.